The molecule has 30 heavy (non-hydrogen) atoms. The van der Waals surface area contributed by atoms with Gasteiger partial charge < -0.3 is 9.47 Å². The number of likely N-dealkylation sites (tertiary alicyclic amines) is 2. The van der Waals surface area contributed by atoms with Crippen LogP contribution in [0.15, 0.2) is 24.5 Å². The maximum Gasteiger partial charge on any atom is 0.140 e. The molecule has 0 unspecified atom stereocenters. The summed E-state index contributed by atoms with van der Waals surface area (Å²) in [4.78, 5) is 10.2. The second-order valence-corrected chi connectivity index (χ2v) is 10.5. The lowest BCUT2D eigenvalue weighted by atomic mass is 9.79. The average Bonchev–Trinajstić information content (AvgIpc) is 3.43. The Hall–Kier alpha value is -1.39. The molecule has 4 heteroatoms. The quantitative estimate of drug-likeness (QED) is 0.654. The van der Waals surface area contributed by atoms with Gasteiger partial charge in [0.25, 0.3) is 0 Å². The third-order valence-corrected chi connectivity index (χ3v) is 8.36. The number of fused-ring (bicyclic) bond motifs is 1. The Morgan fingerprint density at radius 1 is 0.933 bits per heavy atom. The van der Waals surface area contributed by atoms with Gasteiger partial charge in [-0.1, -0.05) is 13.8 Å². The topological polar surface area (TPSA) is 24.3 Å². The highest BCUT2D eigenvalue weighted by Crippen LogP contribution is 2.35. The summed E-state index contributed by atoms with van der Waals surface area (Å²) in [5, 5.41) is 1.37. The van der Waals surface area contributed by atoms with E-state index < -0.39 is 0 Å². The van der Waals surface area contributed by atoms with E-state index in [0.717, 1.165) is 24.4 Å². The van der Waals surface area contributed by atoms with Crippen LogP contribution in [0.25, 0.3) is 11.0 Å². The highest BCUT2D eigenvalue weighted by molar-refractivity contribution is 5.80. The van der Waals surface area contributed by atoms with Crippen LogP contribution in [0, 0.1) is 11.8 Å². The highest BCUT2D eigenvalue weighted by Gasteiger charge is 2.31. The fourth-order valence-corrected chi connectivity index (χ4v) is 6.40. The van der Waals surface area contributed by atoms with Gasteiger partial charge in [0, 0.05) is 49.5 Å². The summed E-state index contributed by atoms with van der Waals surface area (Å²) < 4.78 is 2.54. The van der Waals surface area contributed by atoms with Crippen molar-refractivity contribution in [1.29, 1.82) is 0 Å². The predicted octanol–water partition coefficient (Wildman–Crippen LogP) is 5.48. The van der Waals surface area contributed by atoms with E-state index in [0.29, 0.717) is 6.04 Å². The Labute approximate surface area is 182 Å². The molecule has 164 valence electrons. The first-order chi connectivity index (χ1) is 14.7. The van der Waals surface area contributed by atoms with E-state index >= 15 is 0 Å². The van der Waals surface area contributed by atoms with Crippen molar-refractivity contribution in [3.63, 3.8) is 0 Å². The molecule has 1 aliphatic carbocycles. The molecule has 0 amide bonds. The SMILES string of the molecule is CC(C)[C@H]1CC[C@@H](N2CCC(n3cc(CN4CCCC4)c4cccnc43)CC2)CC1. The van der Waals surface area contributed by atoms with E-state index in [1.54, 1.807) is 0 Å². The first-order valence-corrected chi connectivity index (χ1v) is 12.6. The van der Waals surface area contributed by atoms with Crippen LogP contribution < -0.4 is 0 Å². The number of rotatable bonds is 5. The molecule has 3 fully saturated rings. The zero-order valence-corrected chi connectivity index (χ0v) is 19.1. The lowest BCUT2D eigenvalue weighted by Crippen LogP contribution is -2.43. The predicted molar refractivity (Wildman–Crippen MR) is 125 cm³/mol. The van der Waals surface area contributed by atoms with Gasteiger partial charge in [0.05, 0.1) is 0 Å². The summed E-state index contributed by atoms with van der Waals surface area (Å²) in [6, 6.07) is 5.84. The largest absolute Gasteiger partial charge is 0.329 e. The molecule has 3 aliphatic rings. The maximum atomic E-state index is 4.82. The van der Waals surface area contributed by atoms with Crippen LogP contribution in [-0.2, 0) is 6.54 Å². The summed E-state index contributed by atoms with van der Waals surface area (Å²) in [6.07, 6.45) is 15.4. The van der Waals surface area contributed by atoms with Gasteiger partial charge in [-0.05, 0) is 94.0 Å². The number of piperidine rings is 1. The number of nitrogens with zero attached hydrogens (tertiary/aromatic N) is 4. The zero-order chi connectivity index (χ0) is 20.5. The Morgan fingerprint density at radius 2 is 1.67 bits per heavy atom. The van der Waals surface area contributed by atoms with E-state index in [1.165, 1.54) is 94.1 Å². The standard InChI is InChI=1S/C26H40N4/c1-20(2)21-7-9-23(10-8-21)29-16-11-24(12-17-29)30-19-22(18-28-14-3-4-15-28)25-6-5-13-27-26(25)30/h5-6,13,19-21,23-24H,3-4,7-12,14-18H2,1-2H3/t21-,23+. The number of pyridine rings is 1. The van der Waals surface area contributed by atoms with Crippen molar-refractivity contribution in [3.05, 3.63) is 30.1 Å². The minimum absolute atomic E-state index is 0.609. The van der Waals surface area contributed by atoms with Gasteiger partial charge in [0.15, 0.2) is 0 Å². The van der Waals surface area contributed by atoms with Gasteiger partial charge in [0.2, 0.25) is 0 Å². The molecular formula is C26H40N4. The Balaban J connectivity index is 1.25. The van der Waals surface area contributed by atoms with E-state index in [9.17, 15) is 0 Å². The third kappa shape index (κ3) is 4.18. The van der Waals surface area contributed by atoms with Crippen molar-refractivity contribution in [1.82, 2.24) is 19.4 Å². The maximum absolute atomic E-state index is 4.82. The number of aromatic nitrogens is 2. The van der Waals surface area contributed by atoms with Crippen molar-refractivity contribution < 1.29 is 0 Å². The molecule has 0 aromatic carbocycles. The van der Waals surface area contributed by atoms with Crippen LogP contribution in [0.2, 0.25) is 0 Å². The van der Waals surface area contributed by atoms with Crippen LogP contribution in [0.1, 0.15) is 76.8 Å². The fraction of sp³-hybridized carbons (Fsp3) is 0.731. The molecule has 4 heterocycles. The molecule has 2 aromatic rings. The molecule has 5 rings (SSSR count). The summed E-state index contributed by atoms with van der Waals surface area (Å²) in [5.41, 5.74) is 2.69. The van der Waals surface area contributed by atoms with Crippen LogP contribution >= 0.6 is 0 Å². The van der Waals surface area contributed by atoms with Crippen molar-refractivity contribution in [2.45, 2.75) is 83.8 Å². The van der Waals surface area contributed by atoms with E-state index in [-0.39, 0.29) is 0 Å². The third-order valence-electron chi connectivity index (χ3n) is 8.36. The lowest BCUT2D eigenvalue weighted by molar-refractivity contribution is 0.0892. The molecule has 1 saturated carbocycles. The van der Waals surface area contributed by atoms with E-state index in [1.807, 2.05) is 6.20 Å². The summed E-state index contributed by atoms with van der Waals surface area (Å²) in [6.45, 7) is 10.9. The molecule has 0 radical (unpaired) electrons. The molecule has 2 aromatic heterocycles. The molecular weight excluding hydrogens is 368 g/mol. The smallest absolute Gasteiger partial charge is 0.140 e. The first kappa shape index (κ1) is 20.5. The van der Waals surface area contributed by atoms with Gasteiger partial charge in [-0.15, -0.1) is 0 Å². The van der Waals surface area contributed by atoms with E-state index in [2.05, 4.69) is 46.5 Å². The Morgan fingerprint density at radius 3 is 2.37 bits per heavy atom. The average molecular weight is 409 g/mol. The molecule has 0 N–H and O–H groups in total. The normalized spacial score (nSPS) is 27.4. The van der Waals surface area contributed by atoms with Gasteiger partial charge >= 0.3 is 0 Å². The molecule has 2 saturated heterocycles. The number of hydrogen-bond donors (Lipinski definition) is 0. The van der Waals surface area contributed by atoms with Gasteiger partial charge in [-0.3, -0.25) is 4.90 Å². The van der Waals surface area contributed by atoms with Crippen molar-refractivity contribution in [3.8, 4) is 0 Å². The summed E-state index contributed by atoms with van der Waals surface area (Å²) in [5.74, 6) is 1.83. The molecule has 0 bridgehead atoms. The highest BCUT2D eigenvalue weighted by atomic mass is 15.2. The molecule has 2 aliphatic heterocycles. The zero-order valence-electron chi connectivity index (χ0n) is 19.1. The number of hydrogen-bond acceptors (Lipinski definition) is 3. The Bertz CT molecular complexity index is 819. The van der Waals surface area contributed by atoms with Gasteiger partial charge in [-0.25, -0.2) is 4.98 Å². The summed E-state index contributed by atoms with van der Waals surface area (Å²) in [7, 11) is 0. The van der Waals surface area contributed by atoms with Gasteiger partial charge in [-0.2, -0.15) is 0 Å². The lowest BCUT2D eigenvalue weighted by Gasteiger charge is -2.41. The second-order valence-electron chi connectivity index (χ2n) is 10.5. The van der Waals surface area contributed by atoms with E-state index in [4.69, 9.17) is 4.98 Å². The van der Waals surface area contributed by atoms with Crippen LogP contribution in [0.5, 0.6) is 0 Å². The van der Waals surface area contributed by atoms with Crippen molar-refractivity contribution in [2.24, 2.45) is 11.8 Å². The molecule has 0 atom stereocenters. The minimum atomic E-state index is 0.609. The Kier molecular flexibility index (Phi) is 6.15. The summed E-state index contributed by atoms with van der Waals surface area (Å²) >= 11 is 0. The van der Waals surface area contributed by atoms with Crippen LogP contribution in [-0.4, -0.2) is 51.6 Å². The van der Waals surface area contributed by atoms with Crippen LogP contribution in [0.4, 0.5) is 0 Å². The van der Waals surface area contributed by atoms with Crippen molar-refractivity contribution in [2.75, 3.05) is 26.2 Å². The first-order valence-electron chi connectivity index (χ1n) is 12.6. The molecule has 0 spiro atoms. The van der Waals surface area contributed by atoms with Crippen LogP contribution in [0.3, 0.4) is 0 Å². The second kappa shape index (κ2) is 9.00. The fourth-order valence-electron chi connectivity index (χ4n) is 6.40. The molecule has 4 nitrogen and oxygen atoms in total. The monoisotopic (exact) mass is 408 g/mol. The van der Waals surface area contributed by atoms with Crippen molar-refractivity contribution >= 4 is 11.0 Å². The minimum Gasteiger partial charge on any atom is -0.329 e. The van der Waals surface area contributed by atoms with Gasteiger partial charge in [0.1, 0.15) is 5.65 Å².